The molecule has 3 aliphatic heterocycles. The number of ketones is 1. The van der Waals surface area contributed by atoms with Gasteiger partial charge in [0.1, 0.15) is 23.6 Å². The molecule has 3 rings (SSSR count). The second-order valence-electron chi connectivity index (χ2n) is 18.2. The first-order valence-electron chi connectivity index (χ1n) is 21.5. The normalized spacial score (nSPS) is 43.8. The van der Waals surface area contributed by atoms with Crippen LogP contribution in [0.4, 0.5) is 0 Å². The van der Waals surface area contributed by atoms with Gasteiger partial charge in [0.25, 0.3) is 0 Å². The van der Waals surface area contributed by atoms with Crippen LogP contribution in [-0.2, 0) is 57.1 Å². The molecule has 0 saturated carbocycles. The predicted octanol–water partition coefficient (Wildman–Crippen LogP) is 2.68. The number of cyclic esters (lactones) is 1. The summed E-state index contributed by atoms with van der Waals surface area (Å²) in [5.41, 5.74) is -5.06. The summed E-state index contributed by atoms with van der Waals surface area (Å²) in [6, 6.07) is -0.443. The standard InChI is InChI=1S/C43H75NO16/c1-15-29-43(11,52)36(48)24(5)33(47)22(3)20-41(9,51)38(25(6)34(26(7)39(50)57-29)59-32-21-42(10,53-14)37(49)27(8)56-32)60-40-35(28(44(12)13)19-23(4)55-40)58-31(46)18-17-30(45)54-16-2/h22-29,32,34-38,40,48-49,51-52H,15-21H2,1-14H3/t22-,23-,24+,25+,26-,27+,28+,29+,32+,34+,35-,36-,37+,38-,40+,41-,42-,43-/m1/s1. The monoisotopic (exact) mass is 862 g/mol. The minimum Gasteiger partial charge on any atom is -0.466 e. The molecule has 4 N–H and O–H groups in total. The van der Waals surface area contributed by atoms with E-state index in [-0.39, 0.29) is 38.7 Å². The number of methoxy groups -OCH3 is 1. The molecule has 17 heteroatoms. The molecule has 0 aromatic rings. The minimum atomic E-state index is -2.04. The Morgan fingerprint density at radius 3 is 2.03 bits per heavy atom. The van der Waals surface area contributed by atoms with Gasteiger partial charge in [0.05, 0.1) is 73.1 Å². The molecule has 17 nitrogen and oxygen atoms in total. The van der Waals surface area contributed by atoms with Gasteiger partial charge in [-0.1, -0.05) is 27.7 Å². The Kier molecular flexibility index (Phi) is 18.5. The van der Waals surface area contributed by atoms with Crippen molar-refractivity contribution in [1.29, 1.82) is 0 Å². The lowest BCUT2D eigenvalue weighted by molar-refractivity contribution is -0.319. The maximum Gasteiger partial charge on any atom is 0.311 e. The fourth-order valence-corrected chi connectivity index (χ4v) is 9.17. The van der Waals surface area contributed by atoms with E-state index < -0.39 is 132 Å². The molecule has 3 heterocycles. The van der Waals surface area contributed by atoms with Crippen LogP contribution in [0.15, 0.2) is 0 Å². The van der Waals surface area contributed by atoms with Crippen molar-refractivity contribution < 1.29 is 77.5 Å². The number of hydrogen-bond acceptors (Lipinski definition) is 17. The minimum absolute atomic E-state index is 0.0431. The quantitative estimate of drug-likeness (QED) is 0.163. The molecule has 0 amide bonds. The summed E-state index contributed by atoms with van der Waals surface area (Å²) in [6.45, 7) is 17.9. The summed E-state index contributed by atoms with van der Waals surface area (Å²) >= 11 is 0. The summed E-state index contributed by atoms with van der Waals surface area (Å²) < 4.78 is 48.8. The number of esters is 3. The largest absolute Gasteiger partial charge is 0.466 e. The Bertz CT molecular complexity index is 1440. The van der Waals surface area contributed by atoms with Crippen molar-refractivity contribution in [2.45, 2.75) is 199 Å². The summed E-state index contributed by atoms with van der Waals surface area (Å²) in [6.07, 6.45) is -11.1. The molecule has 0 aromatic carbocycles. The molecule has 0 aliphatic carbocycles. The second-order valence-corrected chi connectivity index (χ2v) is 18.2. The third-order valence-corrected chi connectivity index (χ3v) is 12.9. The number of nitrogens with zero attached hydrogens (tertiary/aromatic N) is 1. The van der Waals surface area contributed by atoms with E-state index in [4.69, 9.17) is 37.9 Å². The second kappa shape index (κ2) is 21.4. The van der Waals surface area contributed by atoms with Crippen molar-refractivity contribution in [2.75, 3.05) is 27.8 Å². The van der Waals surface area contributed by atoms with Gasteiger partial charge in [0, 0.05) is 31.3 Å². The number of rotatable bonds is 12. The maximum atomic E-state index is 14.3. The highest BCUT2D eigenvalue weighted by atomic mass is 16.7. The first kappa shape index (κ1) is 52.0. The smallest absolute Gasteiger partial charge is 0.311 e. The fraction of sp³-hybridized carbons (Fsp3) is 0.907. The molecular weight excluding hydrogens is 786 g/mol. The molecule has 0 aromatic heterocycles. The van der Waals surface area contributed by atoms with E-state index in [1.54, 1.807) is 48.5 Å². The van der Waals surface area contributed by atoms with Crippen molar-refractivity contribution in [3.63, 3.8) is 0 Å². The summed E-state index contributed by atoms with van der Waals surface area (Å²) in [5, 5.41) is 46.8. The molecular formula is C43H75NO16. The number of aliphatic hydroxyl groups is 4. The van der Waals surface area contributed by atoms with Gasteiger partial charge in [0.2, 0.25) is 0 Å². The molecule has 0 bridgehead atoms. The van der Waals surface area contributed by atoms with E-state index in [9.17, 15) is 39.6 Å². The lowest BCUT2D eigenvalue weighted by Crippen LogP contribution is -2.61. The van der Waals surface area contributed by atoms with E-state index in [0.29, 0.717) is 6.42 Å². The van der Waals surface area contributed by atoms with Crippen molar-refractivity contribution in [3.8, 4) is 0 Å². The zero-order valence-corrected chi connectivity index (χ0v) is 38.2. The van der Waals surface area contributed by atoms with Crippen LogP contribution in [-0.4, -0.2) is 161 Å². The van der Waals surface area contributed by atoms with Crippen molar-refractivity contribution in [3.05, 3.63) is 0 Å². The van der Waals surface area contributed by atoms with Gasteiger partial charge in [-0.05, 0) is 81.8 Å². The Morgan fingerprint density at radius 2 is 1.47 bits per heavy atom. The lowest BCUT2D eigenvalue weighted by Gasteiger charge is -2.49. The van der Waals surface area contributed by atoms with Crippen LogP contribution >= 0.6 is 0 Å². The van der Waals surface area contributed by atoms with E-state index in [1.165, 1.54) is 27.9 Å². The van der Waals surface area contributed by atoms with E-state index in [0.717, 1.165) is 0 Å². The summed E-state index contributed by atoms with van der Waals surface area (Å²) in [4.78, 5) is 55.6. The zero-order chi connectivity index (χ0) is 45.7. The van der Waals surface area contributed by atoms with Gasteiger partial charge < -0.3 is 63.2 Å². The predicted molar refractivity (Wildman–Crippen MR) is 216 cm³/mol. The number of aliphatic hydroxyl groups excluding tert-OH is 2. The van der Waals surface area contributed by atoms with Gasteiger partial charge >= 0.3 is 17.9 Å². The fourth-order valence-electron chi connectivity index (χ4n) is 9.17. The number of ether oxygens (including phenoxy) is 8. The van der Waals surface area contributed by atoms with E-state index >= 15 is 0 Å². The Morgan fingerprint density at radius 1 is 0.850 bits per heavy atom. The van der Waals surface area contributed by atoms with Crippen LogP contribution in [0.2, 0.25) is 0 Å². The van der Waals surface area contributed by atoms with Crippen LogP contribution in [0, 0.1) is 23.7 Å². The van der Waals surface area contributed by atoms with Crippen molar-refractivity contribution >= 4 is 23.7 Å². The SMILES string of the molecule is CCOC(=O)CCC(=O)O[C@H]1[C@H](O[C@@H]2[C@@H](C)[C@H](O[C@H]3C[C@@](C)(OC)[C@@H](O)[C@H](C)O3)[C@@H](C)C(=O)O[C@@H](CC)[C@@](C)(O)[C@H](O)[C@@H](C)C(=O)[C@H](C)C[C@@]2(C)O)O[C@H](C)C[C@@H]1N(C)C. The molecule has 3 fully saturated rings. The molecule has 60 heavy (non-hydrogen) atoms. The first-order valence-corrected chi connectivity index (χ1v) is 21.5. The molecule has 3 aliphatic rings. The highest BCUT2D eigenvalue weighted by molar-refractivity contribution is 5.83. The average molecular weight is 862 g/mol. The van der Waals surface area contributed by atoms with E-state index in [1.807, 2.05) is 25.9 Å². The van der Waals surface area contributed by atoms with Crippen LogP contribution < -0.4 is 0 Å². The van der Waals surface area contributed by atoms with E-state index in [2.05, 4.69) is 0 Å². The number of carbonyl (C=O) groups is 4. The first-order chi connectivity index (χ1) is 27.8. The molecule has 0 radical (unpaired) electrons. The molecule has 18 atom stereocenters. The van der Waals surface area contributed by atoms with Crippen molar-refractivity contribution in [2.24, 2.45) is 23.7 Å². The molecule has 348 valence electrons. The highest BCUT2D eigenvalue weighted by Crippen LogP contribution is 2.41. The number of Topliss-reactive ketones (excluding diaryl/α,β-unsaturated/α-hetero) is 1. The molecule has 3 saturated heterocycles. The highest BCUT2D eigenvalue weighted by Gasteiger charge is 2.54. The third kappa shape index (κ3) is 12.2. The van der Waals surface area contributed by atoms with Gasteiger partial charge in [-0.3, -0.25) is 19.2 Å². The van der Waals surface area contributed by atoms with Crippen LogP contribution in [0.25, 0.3) is 0 Å². The number of hydrogen-bond donors (Lipinski definition) is 4. The van der Waals surface area contributed by atoms with Gasteiger partial charge in [-0.25, -0.2) is 0 Å². The molecule has 0 spiro atoms. The van der Waals surface area contributed by atoms with Gasteiger partial charge in [-0.2, -0.15) is 0 Å². The zero-order valence-electron chi connectivity index (χ0n) is 38.2. The Labute approximate surface area is 356 Å². The topological polar surface area (TPSA) is 226 Å². The van der Waals surface area contributed by atoms with Crippen LogP contribution in [0.3, 0.4) is 0 Å². The van der Waals surface area contributed by atoms with Gasteiger partial charge in [0.15, 0.2) is 18.7 Å². The number of carbonyl (C=O) groups excluding carboxylic acids is 4. The Hall–Kier alpha value is -2.32. The lowest BCUT2D eigenvalue weighted by atomic mass is 9.74. The average Bonchev–Trinajstić information content (AvgIpc) is 3.17. The van der Waals surface area contributed by atoms with Crippen LogP contribution in [0.1, 0.15) is 115 Å². The van der Waals surface area contributed by atoms with Crippen LogP contribution in [0.5, 0.6) is 0 Å². The third-order valence-electron chi connectivity index (χ3n) is 12.9. The van der Waals surface area contributed by atoms with Gasteiger partial charge in [-0.15, -0.1) is 0 Å². The molecule has 0 unspecified atom stereocenters. The summed E-state index contributed by atoms with van der Waals surface area (Å²) in [5.74, 6) is -6.64. The Balaban J connectivity index is 2.22. The summed E-state index contributed by atoms with van der Waals surface area (Å²) in [7, 11) is 5.09. The van der Waals surface area contributed by atoms with Crippen molar-refractivity contribution in [1.82, 2.24) is 4.90 Å². The number of likely N-dealkylation sites (N-methyl/N-ethyl adjacent to an activating group) is 1. The maximum absolute atomic E-state index is 14.3.